The van der Waals surface area contributed by atoms with E-state index in [1.165, 1.54) is 4.90 Å². The Morgan fingerprint density at radius 2 is 1.64 bits per heavy atom. The van der Waals surface area contributed by atoms with Crippen LogP contribution in [-0.2, 0) is 35.2 Å². The van der Waals surface area contributed by atoms with Crippen LogP contribution in [0.15, 0.2) is 30.3 Å². The number of hydrogen-bond donors (Lipinski definition) is 6. The number of nitrogens with two attached hydrogens (primary N) is 1. The van der Waals surface area contributed by atoms with Crippen LogP contribution in [0.5, 0.6) is 0 Å². The zero-order valence-corrected chi connectivity index (χ0v) is 19.5. The number of carboxylic acids is 3. The summed E-state index contributed by atoms with van der Waals surface area (Å²) < 4.78 is 0. The van der Waals surface area contributed by atoms with Crippen LogP contribution < -0.4 is 16.4 Å². The molecule has 1 aliphatic heterocycles. The number of aliphatic carboxylic acids is 3. The van der Waals surface area contributed by atoms with Crippen molar-refractivity contribution in [1.82, 2.24) is 15.5 Å². The third-order valence-corrected chi connectivity index (χ3v) is 5.74. The molecule has 1 heterocycles. The van der Waals surface area contributed by atoms with E-state index in [1.807, 2.05) is 0 Å². The van der Waals surface area contributed by atoms with Crippen LogP contribution in [-0.4, -0.2) is 86.6 Å². The van der Waals surface area contributed by atoms with Gasteiger partial charge in [0.15, 0.2) is 0 Å². The highest BCUT2D eigenvalue weighted by atomic mass is 16.4. The van der Waals surface area contributed by atoms with Gasteiger partial charge < -0.3 is 36.6 Å². The van der Waals surface area contributed by atoms with Crippen LogP contribution in [0.3, 0.4) is 0 Å². The highest BCUT2D eigenvalue weighted by Gasteiger charge is 2.39. The molecule has 7 N–H and O–H groups in total. The Morgan fingerprint density at radius 1 is 0.972 bits per heavy atom. The first-order chi connectivity index (χ1) is 17.0. The van der Waals surface area contributed by atoms with E-state index in [9.17, 15) is 33.9 Å². The van der Waals surface area contributed by atoms with E-state index < -0.39 is 66.2 Å². The van der Waals surface area contributed by atoms with E-state index >= 15 is 0 Å². The number of likely N-dealkylation sites (tertiary alicyclic amines) is 1. The number of nitrogens with one attached hydrogen (secondary N) is 2. The number of carbonyl (C=O) groups is 6. The molecule has 4 atom stereocenters. The monoisotopic (exact) mass is 506 g/mol. The molecule has 1 aromatic carbocycles. The summed E-state index contributed by atoms with van der Waals surface area (Å²) in [4.78, 5) is 73.2. The topological polar surface area (TPSA) is 216 Å². The SMILES string of the molecule is NC(CCC(=O)O)C(=O)NC(Cc1ccccc1)C(=O)N1CCCC1C(=O)NC(CC(=O)O)C(=O)O. The van der Waals surface area contributed by atoms with Gasteiger partial charge in [-0.1, -0.05) is 30.3 Å². The van der Waals surface area contributed by atoms with E-state index in [4.69, 9.17) is 15.9 Å². The molecule has 0 aromatic heterocycles. The Labute approximate surface area is 206 Å². The first kappa shape index (κ1) is 28.2. The second-order valence-corrected chi connectivity index (χ2v) is 8.48. The van der Waals surface area contributed by atoms with Crippen LogP contribution in [0.4, 0.5) is 0 Å². The molecular weight excluding hydrogens is 476 g/mol. The van der Waals surface area contributed by atoms with Gasteiger partial charge in [0.1, 0.15) is 18.1 Å². The molecule has 4 unspecified atom stereocenters. The second-order valence-electron chi connectivity index (χ2n) is 8.48. The molecule has 3 amide bonds. The normalized spacial score (nSPS) is 17.5. The number of benzene rings is 1. The summed E-state index contributed by atoms with van der Waals surface area (Å²) in [5.41, 5.74) is 6.50. The Hall–Kier alpha value is -4.00. The summed E-state index contributed by atoms with van der Waals surface area (Å²) >= 11 is 0. The molecule has 13 nitrogen and oxygen atoms in total. The molecule has 0 bridgehead atoms. The lowest BCUT2D eigenvalue weighted by Crippen LogP contribution is -2.57. The number of carbonyl (C=O) groups excluding carboxylic acids is 3. The fourth-order valence-electron chi connectivity index (χ4n) is 3.88. The molecule has 13 heteroatoms. The van der Waals surface area contributed by atoms with Gasteiger partial charge in [0.25, 0.3) is 0 Å². The van der Waals surface area contributed by atoms with E-state index in [0.29, 0.717) is 12.0 Å². The number of rotatable bonds is 13. The summed E-state index contributed by atoms with van der Waals surface area (Å²) in [6, 6.07) is 3.75. The van der Waals surface area contributed by atoms with Gasteiger partial charge in [-0.3, -0.25) is 24.0 Å². The lowest BCUT2D eigenvalue weighted by atomic mass is 10.0. The lowest BCUT2D eigenvalue weighted by molar-refractivity contribution is -0.148. The smallest absolute Gasteiger partial charge is 0.326 e. The largest absolute Gasteiger partial charge is 0.481 e. The van der Waals surface area contributed by atoms with Crippen molar-refractivity contribution in [2.24, 2.45) is 5.73 Å². The first-order valence-electron chi connectivity index (χ1n) is 11.4. The average molecular weight is 507 g/mol. The third-order valence-electron chi connectivity index (χ3n) is 5.74. The van der Waals surface area contributed by atoms with E-state index in [0.717, 1.165) is 0 Å². The quantitative estimate of drug-likeness (QED) is 0.190. The van der Waals surface area contributed by atoms with Crippen molar-refractivity contribution in [3.63, 3.8) is 0 Å². The van der Waals surface area contributed by atoms with Gasteiger partial charge in [0.05, 0.1) is 12.5 Å². The fourth-order valence-corrected chi connectivity index (χ4v) is 3.88. The van der Waals surface area contributed by atoms with Crippen LogP contribution in [0.25, 0.3) is 0 Å². The van der Waals surface area contributed by atoms with E-state index in [1.54, 1.807) is 30.3 Å². The zero-order chi connectivity index (χ0) is 26.8. The molecular formula is C23H30N4O9. The number of nitrogens with zero attached hydrogens (tertiary/aromatic N) is 1. The molecule has 0 spiro atoms. The van der Waals surface area contributed by atoms with Crippen molar-refractivity contribution in [1.29, 1.82) is 0 Å². The molecule has 1 aliphatic rings. The number of hydrogen-bond acceptors (Lipinski definition) is 7. The summed E-state index contributed by atoms with van der Waals surface area (Å²) in [6.45, 7) is 0.166. The first-order valence-corrected chi connectivity index (χ1v) is 11.4. The van der Waals surface area contributed by atoms with Crippen molar-refractivity contribution >= 4 is 35.6 Å². The summed E-state index contributed by atoms with van der Waals surface area (Å²) in [5.74, 6) is -6.18. The molecule has 0 aliphatic carbocycles. The molecule has 1 fully saturated rings. The van der Waals surface area contributed by atoms with Gasteiger partial charge in [0.2, 0.25) is 17.7 Å². The standard InChI is InChI=1S/C23H30N4O9/c24-14(8-9-18(28)29)20(32)25-15(11-13-5-2-1-3-6-13)22(34)27-10-4-7-17(27)21(33)26-16(23(35)36)12-19(30)31/h1-3,5-6,14-17H,4,7-12,24H2,(H,25,32)(H,26,33)(H,28,29)(H,30,31)(H,35,36). The Morgan fingerprint density at radius 3 is 2.22 bits per heavy atom. The van der Waals surface area contributed by atoms with Crippen LogP contribution in [0, 0.1) is 0 Å². The Kier molecular flexibility index (Phi) is 10.3. The van der Waals surface area contributed by atoms with Gasteiger partial charge in [-0.05, 0) is 24.8 Å². The number of amides is 3. The highest BCUT2D eigenvalue weighted by molar-refractivity contribution is 5.95. The Balaban J connectivity index is 2.20. The average Bonchev–Trinajstić information content (AvgIpc) is 3.31. The van der Waals surface area contributed by atoms with Crippen molar-refractivity contribution in [2.75, 3.05) is 6.54 Å². The summed E-state index contributed by atoms with van der Waals surface area (Å²) in [6.07, 6.45) is -0.573. The van der Waals surface area contributed by atoms with Crippen LogP contribution >= 0.6 is 0 Å². The van der Waals surface area contributed by atoms with Crippen molar-refractivity contribution in [3.05, 3.63) is 35.9 Å². The zero-order valence-electron chi connectivity index (χ0n) is 19.5. The van der Waals surface area contributed by atoms with Crippen molar-refractivity contribution < 1.29 is 44.1 Å². The summed E-state index contributed by atoms with van der Waals surface area (Å²) in [5, 5.41) is 31.7. The third kappa shape index (κ3) is 8.34. The fraction of sp³-hybridized carbons (Fsp3) is 0.478. The molecule has 36 heavy (non-hydrogen) atoms. The van der Waals surface area contributed by atoms with Crippen molar-refractivity contribution in [2.45, 2.75) is 62.7 Å². The van der Waals surface area contributed by atoms with E-state index in [2.05, 4.69) is 10.6 Å². The van der Waals surface area contributed by atoms with Gasteiger partial charge >= 0.3 is 17.9 Å². The maximum Gasteiger partial charge on any atom is 0.326 e. The lowest BCUT2D eigenvalue weighted by Gasteiger charge is -2.30. The summed E-state index contributed by atoms with van der Waals surface area (Å²) in [7, 11) is 0. The minimum absolute atomic E-state index is 0.0681. The maximum atomic E-state index is 13.5. The molecule has 196 valence electrons. The van der Waals surface area contributed by atoms with Crippen molar-refractivity contribution in [3.8, 4) is 0 Å². The van der Waals surface area contributed by atoms with Gasteiger partial charge in [-0.2, -0.15) is 0 Å². The molecule has 2 rings (SSSR count). The highest BCUT2D eigenvalue weighted by Crippen LogP contribution is 2.20. The maximum absolute atomic E-state index is 13.5. The molecule has 0 radical (unpaired) electrons. The van der Waals surface area contributed by atoms with E-state index in [-0.39, 0.29) is 32.2 Å². The minimum atomic E-state index is -1.67. The van der Waals surface area contributed by atoms with Gasteiger partial charge in [0, 0.05) is 19.4 Å². The van der Waals surface area contributed by atoms with Crippen LogP contribution in [0.2, 0.25) is 0 Å². The second kappa shape index (κ2) is 13.2. The van der Waals surface area contributed by atoms with Gasteiger partial charge in [-0.15, -0.1) is 0 Å². The molecule has 0 saturated carbocycles. The predicted molar refractivity (Wildman–Crippen MR) is 123 cm³/mol. The predicted octanol–water partition coefficient (Wildman–Crippen LogP) is -1.06. The molecule has 1 aromatic rings. The molecule has 1 saturated heterocycles. The van der Waals surface area contributed by atoms with Crippen LogP contribution in [0.1, 0.15) is 37.7 Å². The number of carboxylic acid groups (broad SMARTS) is 3. The minimum Gasteiger partial charge on any atom is -0.481 e. The van der Waals surface area contributed by atoms with Gasteiger partial charge in [-0.25, -0.2) is 4.79 Å². The Bertz CT molecular complexity index is 985.